The first-order chi connectivity index (χ1) is 32.7. The quantitative estimate of drug-likeness (QED) is 0.107. The molecule has 0 bridgehead atoms. The highest BCUT2D eigenvalue weighted by atomic mass is 28.3. The van der Waals surface area contributed by atoms with Crippen molar-refractivity contribution in [1.29, 1.82) is 0 Å². The van der Waals surface area contributed by atoms with Gasteiger partial charge in [0.05, 0.1) is 28.1 Å². The highest BCUT2D eigenvalue weighted by Gasteiger charge is 2.42. The van der Waals surface area contributed by atoms with Gasteiger partial charge in [0, 0.05) is 24.0 Å². The topological polar surface area (TPSA) is 33.5 Å². The molecule has 6 heteroatoms. The van der Waals surface area contributed by atoms with Crippen LogP contribution in [-0.2, 0) is 4.94 Å². The minimum atomic E-state index is -3.06. The monoisotopic (exact) mass is 864 g/mol. The number of benzene rings is 9. The van der Waals surface area contributed by atoms with Crippen LogP contribution in [0, 0.1) is 0 Å². The minimum Gasteiger partial charge on any atom is -0.294 e. The van der Waals surface area contributed by atoms with E-state index in [-0.39, 0.29) is 0 Å². The Bertz CT molecular complexity index is 3440. The zero-order chi connectivity index (χ0) is 44.0. The Balaban J connectivity index is 1.11. The molecule has 0 N–H and O–H groups in total. The van der Waals surface area contributed by atoms with Crippen LogP contribution in [0.1, 0.15) is 0 Å². The Kier molecular flexibility index (Phi) is 9.75. The summed E-state index contributed by atoms with van der Waals surface area (Å²) in [4.78, 5) is 11.6. The van der Waals surface area contributed by atoms with E-state index in [4.69, 9.17) is 9.92 Å². The average molecular weight is 865 g/mol. The molecule has 0 fully saturated rings. The van der Waals surface area contributed by atoms with Gasteiger partial charge in [0.1, 0.15) is 5.82 Å². The third-order valence-corrected chi connectivity index (χ3v) is 17.9. The van der Waals surface area contributed by atoms with E-state index in [1.54, 1.807) is 0 Å². The zero-order valence-electron chi connectivity index (χ0n) is 36.4. The molecular formula is C60H44N4OSi. The van der Waals surface area contributed by atoms with Crippen molar-refractivity contribution in [3.8, 4) is 39.2 Å². The summed E-state index contributed by atoms with van der Waals surface area (Å²) in [5, 5.41) is 11.3. The fourth-order valence-corrected chi connectivity index (χ4v) is 15.0. The van der Waals surface area contributed by atoms with Crippen LogP contribution in [0.15, 0.2) is 249 Å². The summed E-state index contributed by atoms with van der Waals surface area (Å²) in [5.74, 6) is 0.861. The molecule has 0 atom stereocenters. The van der Waals surface area contributed by atoms with Crippen molar-refractivity contribution in [3.05, 3.63) is 249 Å². The van der Waals surface area contributed by atoms with Crippen molar-refractivity contribution < 1.29 is 4.94 Å². The lowest BCUT2D eigenvalue weighted by Crippen LogP contribution is -2.74. The average Bonchev–Trinajstić information content (AvgIpc) is 3.92. The smallest absolute Gasteiger partial charge is 0.179 e. The van der Waals surface area contributed by atoms with Gasteiger partial charge < -0.3 is 0 Å². The Labute approximate surface area is 385 Å². The molecule has 5 nitrogen and oxygen atoms in total. The maximum Gasteiger partial charge on any atom is 0.179 e. The number of hydrogen-bond donors (Lipinski definition) is 0. The predicted octanol–water partition coefficient (Wildman–Crippen LogP) is 12.0. The molecule has 2 aromatic heterocycles. The number of pyridine rings is 1. The molecule has 12 rings (SSSR count). The lowest BCUT2D eigenvalue weighted by atomic mass is 9.88. The van der Waals surface area contributed by atoms with Gasteiger partial charge in [-0.1, -0.05) is 194 Å². The lowest BCUT2D eigenvalue weighted by Gasteiger charge is -2.35. The molecule has 0 saturated heterocycles. The van der Waals surface area contributed by atoms with Crippen LogP contribution in [0.2, 0.25) is 0 Å². The molecular weight excluding hydrogens is 821 g/mol. The first kappa shape index (κ1) is 39.3. The molecule has 9 aromatic carbocycles. The van der Waals surface area contributed by atoms with Gasteiger partial charge in [-0.05, 0) is 103 Å². The van der Waals surface area contributed by atoms with Gasteiger partial charge in [0.25, 0.3) is 0 Å². The van der Waals surface area contributed by atoms with Gasteiger partial charge in [-0.2, -0.15) is 5.06 Å². The van der Waals surface area contributed by atoms with Gasteiger partial charge in [-0.25, -0.2) is 10.0 Å². The van der Waals surface area contributed by atoms with Crippen LogP contribution in [0.5, 0.6) is 0 Å². The number of rotatable bonds is 9. The number of hydrogen-bond acceptors (Lipinski definition) is 4. The van der Waals surface area contributed by atoms with Gasteiger partial charge in [0.2, 0.25) is 0 Å². The minimum absolute atomic E-state index is 0.861. The molecule has 0 unspecified atom stereocenters. The molecule has 11 aromatic rings. The van der Waals surface area contributed by atoms with Gasteiger partial charge in [-0.15, -0.1) is 4.94 Å². The summed E-state index contributed by atoms with van der Waals surface area (Å²) in [7, 11) is -1.11. The van der Waals surface area contributed by atoms with Gasteiger partial charge in [0.15, 0.2) is 8.07 Å². The zero-order valence-corrected chi connectivity index (χ0v) is 37.4. The second-order valence-corrected chi connectivity index (χ2v) is 20.7. The van der Waals surface area contributed by atoms with E-state index < -0.39 is 8.07 Å². The highest BCUT2D eigenvalue weighted by molar-refractivity contribution is 7.20. The first-order valence-corrected chi connectivity index (χ1v) is 24.4. The van der Waals surface area contributed by atoms with Crippen LogP contribution in [0.3, 0.4) is 0 Å². The summed E-state index contributed by atoms with van der Waals surface area (Å²) >= 11 is 0. The molecule has 66 heavy (non-hydrogen) atoms. The van der Waals surface area contributed by atoms with E-state index in [1.165, 1.54) is 59.3 Å². The van der Waals surface area contributed by atoms with Crippen LogP contribution in [-0.4, -0.2) is 24.7 Å². The van der Waals surface area contributed by atoms with Crippen molar-refractivity contribution in [3.63, 3.8) is 0 Å². The first-order valence-electron chi connectivity index (χ1n) is 22.4. The predicted molar refractivity (Wildman–Crippen MR) is 277 cm³/mol. The standard InChI is InChI=1S/C60H44N4OSi/c1-62-56-34-16-17-35-57(56)64(65-62)46-24-18-29-49(41-46)66(47-25-10-4-11-26-47,48-27-12-5-13-28-48)50-36-37-54-53-30-14-15-33-55(53)63(58(54)42-50)59-40-45(38-39-61-59)60-51(43-20-6-2-7-21-43)31-19-32-52(60)44-22-8-3-9-23-44/h2-42H,1H3. The third kappa shape index (κ3) is 6.46. The number of nitrogens with zero attached hydrogens (tertiary/aromatic N) is 4. The Morgan fingerprint density at radius 2 is 0.955 bits per heavy atom. The van der Waals surface area contributed by atoms with Gasteiger partial charge >= 0.3 is 0 Å². The van der Waals surface area contributed by atoms with E-state index in [0.717, 1.165) is 39.5 Å². The summed E-state index contributed by atoms with van der Waals surface area (Å²) < 4.78 is 2.38. The number of fused-ring (bicyclic) bond motifs is 4. The molecule has 0 radical (unpaired) electrons. The van der Waals surface area contributed by atoms with Crippen molar-refractivity contribution in [1.82, 2.24) is 9.55 Å². The van der Waals surface area contributed by atoms with Crippen molar-refractivity contribution in [2.75, 3.05) is 17.2 Å². The van der Waals surface area contributed by atoms with Crippen LogP contribution < -0.4 is 30.9 Å². The highest BCUT2D eigenvalue weighted by Crippen LogP contribution is 2.42. The number of aromatic nitrogens is 2. The van der Waals surface area contributed by atoms with Crippen LogP contribution in [0.25, 0.3) is 61.0 Å². The van der Waals surface area contributed by atoms with E-state index in [0.29, 0.717) is 0 Å². The van der Waals surface area contributed by atoms with E-state index in [9.17, 15) is 0 Å². The third-order valence-electron chi connectivity index (χ3n) is 13.2. The summed E-state index contributed by atoms with van der Waals surface area (Å²) in [6.45, 7) is 0. The maximum atomic E-state index is 6.44. The largest absolute Gasteiger partial charge is 0.294 e. The maximum absolute atomic E-state index is 6.44. The van der Waals surface area contributed by atoms with Crippen molar-refractivity contribution in [2.24, 2.45) is 0 Å². The second-order valence-electron chi connectivity index (χ2n) is 16.8. The fourth-order valence-electron chi connectivity index (χ4n) is 10.3. The number of anilines is 3. The molecule has 0 aliphatic carbocycles. The molecule has 1 aliphatic heterocycles. The van der Waals surface area contributed by atoms with Crippen molar-refractivity contribution in [2.45, 2.75) is 0 Å². The van der Waals surface area contributed by atoms with E-state index >= 15 is 0 Å². The second kappa shape index (κ2) is 16.4. The molecule has 3 heterocycles. The Morgan fingerprint density at radius 1 is 0.409 bits per heavy atom. The normalized spacial score (nSPS) is 12.5. The van der Waals surface area contributed by atoms with E-state index in [1.807, 2.05) is 29.4 Å². The van der Waals surface area contributed by atoms with Crippen LogP contribution >= 0.6 is 0 Å². The number of para-hydroxylation sites is 3. The van der Waals surface area contributed by atoms with Crippen molar-refractivity contribution >= 4 is 67.7 Å². The van der Waals surface area contributed by atoms with Crippen LogP contribution in [0.4, 0.5) is 17.1 Å². The molecule has 0 spiro atoms. The lowest BCUT2D eigenvalue weighted by molar-refractivity contribution is 0.142. The number of hydroxylamine groups is 1. The molecule has 314 valence electrons. The van der Waals surface area contributed by atoms with E-state index in [2.05, 4.69) is 241 Å². The summed E-state index contributed by atoms with van der Waals surface area (Å²) in [6, 6.07) is 88.0. The van der Waals surface area contributed by atoms with Gasteiger partial charge in [-0.3, -0.25) is 4.57 Å². The Morgan fingerprint density at radius 3 is 1.64 bits per heavy atom. The summed E-state index contributed by atoms with van der Waals surface area (Å²) in [5.41, 5.74) is 12.2. The fraction of sp³-hybridized carbons (Fsp3) is 0.0167. The summed E-state index contributed by atoms with van der Waals surface area (Å²) in [6.07, 6.45) is 1.97. The molecule has 1 aliphatic rings. The molecule has 0 saturated carbocycles. The molecule has 0 amide bonds. The Hall–Kier alpha value is -8.29. The SMILES string of the molecule is CN1ON(c2cccc([Si](c3ccccc3)(c3ccccc3)c3ccc4c5ccccc5n(-c5cc(-c6c(-c7ccccc7)cccc6-c6ccccc6)ccn5)c4c3)c2)c2ccccc21.